The van der Waals surface area contributed by atoms with E-state index in [1.54, 1.807) is 0 Å². The zero-order valence-electron chi connectivity index (χ0n) is 37.3. The lowest BCUT2D eigenvalue weighted by Gasteiger charge is -2.20. The summed E-state index contributed by atoms with van der Waals surface area (Å²) in [6.45, 7) is 2.39. The van der Waals surface area contributed by atoms with Crippen LogP contribution in [0.25, 0.3) is 0 Å². The molecule has 342 valence electrons. The van der Waals surface area contributed by atoms with Crippen LogP contribution in [-0.2, 0) is 32.7 Å². The molecule has 0 bridgehead atoms. The highest BCUT2D eigenvalue weighted by Gasteiger charge is 2.27. The van der Waals surface area contributed by atoms with Crippen LogP contribution in [-0.4, -0.2) is 65.7 Å². The molecule has 0 heterocycles. The van der Waals surface area contributed by atoms with E-state index in [-0.39, 0.29) is 19.4 Å². The molecule has 0 aromatic rings. The van der Waals surface area contributed by atoms with E-state index in [0.717, 1.165) is 51.4 Å². The van der Waals surface area contributed by atoms with Gasteiger partial charge in [0.25, 0.3) is 0 Å². The molecule has 0 saturated carbocycles. The number of aliphatic hydroxyl groups excluding tert-OH is 2. The number of allylic oxidation sites excluding steroid dienone is 4. The average molecular weight is 845 g/mol. The predicted molar refractivity (Wildman–Crippen MR) is 238 cm³/mol. The average Bonchev–Trinajstić information content (AvgIpc) is 3.21. The van der Waals surface area contributed by atoms with Gasteiger partial charge in [-0.05, 0) is 64.2 Å². The fraction of sp³-hybridized carbons (Fsp3) is 0.872. The molecule has 3 N–H and O–H groups in total. The summed E-state index contributed by atoms with van der Waals surface area (Å²) in [5, 5.41) is 18.4. The Morgan fingerprint density at radius 1 is 0.500 bits per heavy atom. The summed E-state index contributed by atoms with van der Waals surface area (Å²) in [6.07, 6.45) is 44.2. The maximum absolute atomic E-state index is 12.6. The molecule has 0 aromatic heterocycles. The minimum atomic E-state index is -4.62. The lowest BCUT2D eigenvalue weighted by atomic mass is 10.1. The molecule has 0 aliphatic heterocycles. The topological polar surface area (TPSA) is 149 Å². The molecule has 3 unspecified atom stereocenters. The van der Waals surface area contributed by atoms with Gasteiger partial charge >= 0.3 is 19.8 Å². The summed E-state index contributed by atoms with van der Waals surface area (Å²) in [5.41, 5.74) is 0. The SMILES string of the molecule is CCCCCCCC/C=C\CCCCCCCCCC(=O)OCC(COP(=O)(O)OCC(O)CO)OC(=O)CCCCCCCCC/C=C\CCCCCCCCC. The normalized spacial score (nSPS) is 13.9. The van der Waals surface area contributed by atoms with Crippen molar-refractivity contribution in [3.8, 4) is 0 Å². The number of carbonyl (C=O) groups excluding carboxylic acids is 2. The summed E-state index contributed by atoms with van der Waals surface area (Å²) in [4.78, 5) is 35.1. The number of hydrogen-bond acceptors (Lipinski definition) is 9. The van der Waals surface area contributed by atoms with Crippen LogP contribution in [0.2, 0.25) is 0 Å². The van der Waals surface area contributed by atoms with Crippen molar-refractivity contribution in [2.45, 2.75) is 238 Å². The van der Waals surface area contributed by atoms with Crippen LogP contribution >= 0.6 is 7.82 Å². The van der Waals surface area contributed by atoms with Gasteiger partial charge in [0.15, 0.2) is 6.10 Å². The number of esters is 2. The molecular weight excluding hydrogens is 755 g/mol. The Morgan fingerprint density at radius 3 is 1.24 bits per heavy atom. The molecule has 0 spiro atoms. The van der Waals surface area contributed by atoms with Crippen molar-refractivity contribution >= 4 is 19.8 Å². The Labute approximate surface area is 355 Å². The van der Waals surface area contributed by atoms with E-state index in [2.05, 4.69) is 38.2 Å². The minimum absolute atomic E-state index is 0.180. The number of unbranched alkanes of at least 4 members (excludes halogenated alkanes) is 27. The first-order valence-electron chi connectivity index (χ1n) is 23.8. The van der Waals surface area contributed by atoms with E-state index < -0.39 is 51.8 Å². The summed E-state index contributed by atoms with van der Waals surface area (Å²) in [6, 6.07) is 0. The monoisotopic (exact) mass is 845 g/mol. The Bertz CT molecular complexity index is 1020. The van der Waals surface area contributed by atoms with Gasteiger partial charge in [-0.3, -0.25) is 18.6 Å². The van der Waals surface area contributed by atoms with Crippen molar-refractivity contribution < 1.29 is 47.8 Å². The number of hydrogen-bond donors (Lipinski definition) is 3. The van der Waals surface area contributed by atoms with Crippen molar-refractivity contribution in [3.05, 3.63) is 24.3 Å². The maximum Gasteiger partial charge on any atom is 0.472 e. The summed E-state index contributed by atoms with van der Waals surface area (Å²) in [5.74, 6) is -0.927. The number of phosphoric ester groups is 1. The highest BCUT2D eigenvalue weighted by molar-refractivity contribution is 7.47. The largest absolute Gasteiger partial charge is 0.472 e. The molecule has 11 heteroatoms. The van der Waals surface area contributed by atoms with Crippen LogP contribution in [0.4, 0.5) is 0 Å². The van der Waals surface area contributed by atoms with Crippen LogP contribution in [0.15, 0.2) is 24.3 Å². The van der Waals surface area contributed by atoms with E-state index in [0.29, 0.717) is 12.8 Å². The third-order valence-corrected chi connectivity index (χ3v) is 11.3. The fourth-order valence-electron chi connectivity index (χ4n) is 6.63. The van der Waals surface area contributed by atoms with E-state index in [1.165, 1.54) is 135 Å². The summed E-state index contributed by atoms with van der Waals surface area (Å²) < 4.78 is 32.8. The third kappa shape index (κ3) is 42.6. The van der Waals surface area contributed by atoms with Gasteiger partial charge in [0.05, 0.1) is 19.8 Å². The number of ether oxygens (including phenoxy) is 2. The lowest BCUT2D eigenvalue weighted by Crippen LogP contribution is -2.29. The van der Waals surface area contributed by atoms with Gasteiger partial charge in [0, 0.05) is 12.8 Å². The minimum Gasteiger partial charge on any atom is -0.462 e. The van der Waals surface area contributed by atoms with Crippen LogP contribution in [0.3, 0.4) is 0 Å². The molecule has 0 rings (SSSR count). The molecule has 0 aromatic carbocycles. The molecule has 0 fully saturated rings. The molecule has 10 nitrogen and oxygen atoms in total. The van der Waals surface area contributed by atoms with Crippen molar-refractivity contribution in [1.82, 2.24) is 0 Å². The van der Waals surface area contributed by atoms with Crippen molar-refractivity contribution in [2.24, 2.45) is 0 Å². The Kier molecular flexibility index (Phi) is 42.4. The van der Waals surface area contributed by atoms with E-state index >= 15 is 0 Å². The zero-order chi connectivity index (χ0) is 42.6. The van der Waals surface area contributed by atoms with Crippen molar-refractivity contribution in [1.29, 1.82) is 0 Å². The molecule has 0 aliphatic carbocycles. The van der Waals surface area contributed by atoms with E-state index in [1.807, 2.05) is 0 Å². The Balaban J connectivity index is 4.23. The molecule has 0 amide bonds. The number of aliphatic hydroxyl groups is 2. The van der Waals surface area contributed by atoms with Gasteiger partial charge in [-0.15, -0.1) is 0 Å². The fourth-order valence-corrected chi connectivity index (χ4v) is 7.42. The zero-order valence-corrected chi connectivity index (χ0v) is 38.2. The van der Waals surface area contributed by atoms with Gasteiger partial charge in [-0.25, -0.2) is 4.57 Å². The third-order valence-electron chi connectivity index (χ3n) is 10.3. The van der Waals surface area contributed by atoms with Crippen LogP contribution in [0, 0.1) is 0 Å². The van der Waals surface area contributed by atoms with Gasteiger partial charge in [-0.1, -0.05) is 173 Å². The highest BCUT2D eigenvalue weighted by Crippen LogP contribution is 2.43. The first-order chi connectivity index (χ1) is 28.2. The van der Waals surface area contributed by atoms with E-state index in [9.17, 15) is 24.2 Å². The maximum atomic E-state index is 12.6. The van der Waals surface area contributed by atoms with Crippen molar-refractivity contribution in [3.63, 3.8) is 0 Å². The molecular formula is C47H89O10P. The number of rotatable bonds is 45. The lowest BCUT2D eigenvalue weighted by molar-refractivity contribution is -0.161. The smallest absolute Gasteiger partial charge is 0.462 e. The molecule has 3 atom stereocenters. The standard InChI is InChI=1S/C47H89O10P/c1-3-5-7-9-11-13-15-17-19-21-23-25-27-29-31-33-35-37-39-47(51)57-45(43-56-58(52,53)55-41-44(49)40-48)42-54-46(50)38-36-34-32-30-28-26-24-22-20-18-16-14-12-10-8-6-4-2/h18-21,44-45,48-49H,3-17,22-43H2,1-2H3,(H,52,53)/b20-18-,21-19-. The van der Waals surface area contributed by atoms with Gasteiger partial charge in [0.2, 0.25) is 0 Å². The number of carbonyl (C=O) groups is 2. The number of phosphoric acid groups is 1. The first kappa shape index (κ1) is 56.5. The second-order valence-electron chi connectivity index (χ2n) is 16.1. The van der Waals surface area contributed by atoms with Crippen molar-refractivity contribution in [2.75, 3.05) is 26.4 Å². The second-order valence-corrected chi connectivity index (χ2v) is 17.6. The predicted octanol–water partition coefficient (Wildman–Crippen LogP) is 13.0. The van der Waals surface area contributed by atoms with Gasteiger partial charge in [0.1, 0.15) is 12.7 Å². The van der Waals surface area contributed by atoms with Crippen LogP contribution in [0.5, 0.6) is 0 Å². The van der Waals surface area contributed by atoms with Gasteiger partial charge in [-0.2, -0.15) is 0 Å². The quantitative estimate of drug-likeness (QED) is 0.0234. The van der Waals surface area contributed by atoms with E-state index in [4.69, 9.17) is 23.6 Å². The van der Waals surface area contributed by atoms with Gasteiger partial charge < -0.3 is 24.6 Å². The van der Waals surface area contributed by atoms with Crippen LogP contribution < -0.4 is 0 Å². The summed E-state index contributed by atoms with van der Waals surface area (Å²) in [7, 11) is -4.62. The Morgan fingerprint density at radius 2 is 0.845 bits per heavy atom. The Hall–Kier alpha value is -1.55. The summed E-state index contributed by atoms with van der Waals surface area (Å²) >= 11 is 0. The first-order valence-corrected chi connectivity index (χ1v) is 25.3. The molecule has 0 aliphatic rings. The second kappa shape index (κ2) is 43.5. The molecule has 58 heavy (non-hydrogen) atoms. The van der Waals surface area contributed by atoms with Crippen LogP contribution in [0.1, 0.15) is 226 Å². The highest BCUT2D eigenvalue weighted by atomic mass is 31.2. The molecule has 0 saturated heterocycles. The molecule has 0 radical (unpaired) electrons.